The summed E-state index contributed by atoms with van der Waals surface area (Å²) in [5, 5.41) is 0.998. The molecule has 2 unspecified atom stereocenters. The number of benzene rings is 1. The fraction of sp³-hybridized carbons (Fsp3) is 0.526. The van der Waals surface area contributed by atoms with Crippen molar-refractivity contribution in [2.24, 2.45) is 5.92 Å². The summed E-state index contributed by atoms with van der Waals surface area (Å²) in [6.07, 6.45) is 5.49. The zero-order valence-corrected chi connectivity index (χ0v) is 15.5. The van der Waals surface area contributed by atoms with Gasteiger partial charge in [0, 0.05) is 24.0 Å². The Morgan fingerprint density at radius 1 is 1.31 bits per heavy atom. The van der Waals surface area contributed by atoms with Crippen LogP contribution in [0.15, 0.2) is 23.0 Å². The van der Waals surface area contributed by atoms with Gasteiger partial charge in [0.15, 0.2) is 0 Å². The Balaban J connectivity index is 1.68. The Morgan fingerprint density at radius 3 is 2.85 bits per heavy atom. The van der Waals surface area contributed by atoms with E-state index in [0.29, 0.717) is 28.2 Å². The van der Waals surface area contributed by atoms with E-state index in [1.807, 2.05) is 0 Å². The third-order valence-corrected chi connectivity index (χ3v) is 5.59. The molecule has 2 aromatic rings. The zero-order valence-electron chi connectivity index (χ0n) is 14.7. The van der Waals surface area contributed by atoms with Gasteiger partial charge in [0.1, 0.15) is 5.82 Å². The molecule has 2 saturated carbocycles. The third kappa shape index (κ3) is 3.35. The predicted molar refractivity (Wildman–Crippen MR) is 100 cm³/mol. The largest absolute Gasteiger partial charge is 0.381 e. The highest BCUT2D eigenvalue weighted by molar-refractivity contribution is 6.31. The number of carbonyl (C=O) groups excluding carboxylic acids is 1. The Labute approximate surface area is 156 Å². The lowest BCUT2D eigenvalue weighted by Gasteiger charge is -2.27. The van der Waals surface area contributed by atoms with E-state index >= 15 is 0 Å². The molecule has 1 amide bonds. The first-order valence-corrected chi connectivity index (χ1v) is 9.50. The van der Waals surface area contributed by atoms with E-state index < -0.39 is 0 Å². The molecule has 7 heteroatoms. The van der Waals surface area contributed by atoms with Crippen LogP contribution in [0.5, 0.6) is 0 Å². The summed E-state index contributed by atoms with van der Waals surface area (Å²) in [4.78, 5) is 30.4. The standard InChI is InChI=1S/C19H22ClN3O3/c1-26-14-4-2-3-12(9-14)18(24)22-23-17(11-5-6-11)21-16-10-13(20)7-8-15(16)19(23)25/h7-8,10-12,14H,2-6,9H2,1H3,(H,22,24). The molecule has 4 rings (SSSR count). The normalized spacial score (nSPS) is 23.2. The number of hydrogen-bond acceptors (Lipinski definition) is 4. The molecule has 1 aromatic heterocycles. The maximum atomic E-state index is 13.0. The van der Waals surface area contributed by atoms with Gasteiger partial charge in [-0.05, 0) is 50.3 Å². The average Bonchev–Trinajstić information content (AvgIpc) is 3.48. The van der Waals surface area contributed by atoms with E-state index in [2.05, 4.69) is 10.4 Å². The van der Waals surface area contributed by atoms with Crippen molar-refractivity contribution in [1.29, 1.82) is 0 Å². The molecule has 0 radical (unpaired) electrons. The van der Waals surface area contributed by atoms with Crippen LogP contribution in [0.1, 0.15) is 50.3 Å². The molecule has 26 heavy (non-hydrogen) atoms. The van der Waals surface area contributed by atoms with E-state index in [1.165, 1.54) is 4.68 Å². The minimum Gasteiger partial charge on any atom is -0.381 e. The number of halogens is 1. The second kappa shape index (κ2) is 7.00. The number of methoxy groups -OCH3 is 1. The number of rotatable bonds is 4. The maximum Gasteiger partial charge on any atom is 0.280 e. The van der Waals surface area contributed by atoms with Crippen LogP contribution >= 0.6 is 11.6 Å². The molecule has 1 aromatic carbocycles. The fourth-order valence-electron chi connectivity index (χ4n) is 3.70. The van der Waals surface area contributed by atoms with Crippen molar-refractivity contribution in [2.45, 2.75) is 50.5 Å². The number of nitrogens with zero attached hydrogens (tertiary/aromatic N) is 2. The lowest BCUT2D eigenvalue weighted by Crippen LogP contribution is -2.40. The van der Waals surface area contributed by atoms with Crippen molar-refractivity contribution in [3.8, 4) is 0 Å². The summed E-state index contributed by atoms with van der Waals surface area (Å²) in [6, 6.07) is 5.02. The van der Waals surface area contributed by atoms with Gasteiger partial charge >= 0.3 is 0 Å². The van der Waals surface area contributed by atoms with Crippen molar-refractivity contribution < 1.29 is 9.53 Å². The highest BCUT2D eigenvalue weighted by atomic mass is 35.5. The van der Waals surface area contributed by atoms with Gasteiger partial charge in [-0.2, -0.15) is 0 Å². The maximum absolute atomic E-state index is 13.0. The quantitative estimate of drug-likeness (QED) is 0.890. The van der Waals surface area contributed by atoms with Gasteiger partial charge in [-0.3, -0.25) is 15.0 Å². The van der Waals surface area contributed by atoms with Gasteiger partial charge < -0.3 is 4.74 Å². The van der Waals surface area contributed by atoms with Crippen LogP contribution in [0, 0.1) is 5.92 Å². The van der Waals surface area contributed by atoms with Crippen LogP contribution in [0.3, 0.4) is 0 Å². The average molecular weight is 376 g/mol. The Kier molecular flexibility index (Phi) is 4.71. The van der Waals surface area contributed by atoms with E-state index in [-0.39, 0.29) is 29.4 Å². The number of fused-ring (bicyclic) bond motifs is 1. The van der Waals surface area contributed by atoms with Gasteiger partial charge in [0.25, 0.3) is 5.56 Å². The second-order valence-electron chi connectivity index (χ2n) is 7.24. The van der Waals surface area contributed by atoms with Crippen molar-refractivity contribution in [3.05, 3.63) is 39.4 Å². The van der Waals surface area contributed by atoms with Crippen molar-refractivity contribution in [2.75, 3.05) is 12.5 Å². The minimum atomic E-state index is -0.249. The van der Waals surface area contributed by atoms with Gasteiger partial charge in [0.2, 0.25) is 5.91 Å². The van der Waals surface area contributed by atoms with Crippen LogP contribution in [0.25, 0.3) is 10.9 Å². The molecule has 2 aliphatic rings. The third-order valence-electron chi connectivity index (χ3n) is 5.35. The highest BCUT2D eigenvalue weighted by Gasteiger charge is 2.32. The first kappa shape index (κ1) is 17.5. The Morgan fingerprint density at radius 2 is 2.12 bits per heavy atom. The van der Waals surface area contributed by atoms with Crippen LogP contribution in [0.4, 0.5) is 0 Å². The SMILES string of the molecule is COC1CCCC(C(=O)Nn2c(C3CC3)nc3cc(Cl)ccc3c2=O)C1. The molecule has 2 aliphatic carbocycles. The Bertz CT molecular complexity index is 907. The van der Waals surface area contributed by atoms with Crippen molar-refractivity contribution in [1.82, 2.24) is 9.66 Å². The fourth-order valence-corrected chi connectivity index (χ4v) is 3.86. The summed E-state index contributed by atoms with van der Waals surface area (Å²) in [6.45, 7) is 0. The smallest absolute Gasteiger partial charge is 0.280 e. The lowest BCUT2D eigenvalue weighted by molar-refractivity contribution is -0.123. The van der Waals surface area contributed by atoms with Gasteiger partial charge in [-0.1, -0.05) is 18.0 Å². The molecule has 138 valence electrons. The predicted octanol–water partition coefficient (Wildman–Crippen LogP) is 3.20. The molecular formula is C19H22ClN3O3. The number of ether oxygens (including phenoxy) is 1. The topological polar surface area (TPSA) is 73.2 Å². The molecule has 0 saturated heterocycles. The molecule has 0 aliphatic heterocycles. The summed E-state index contributed by atoms with van der Waals surface area (Å²) in [7, 11) is 1.68. The highest BCUT2D eigenvalue weighted by Crippen LogP contribution is 2.39. The van der Waals surface area contributed by atoms with E-state index in [9.17, 15) is 9.59 Å². The number of carbonyl (C=O) groups is 1. The summed E-state index contributed by atoms with van der Waals surface area (Å²) < 4.78 is 6.77. The van der Waals surface area contributed by atoms with E-state index in [4.69, 9.17) is 16.3 Å². The first-order chi connectivity index (χ1) is 12.6. The van der Waals surface area contributed by atoms with Crippen LogP contribution < -0.4 is 11.0 Å². The lowest BCUT2D eigenvalue weighted by atomic mass is 9.87. The van der Waals surface area contributed by atoms with Gasteiger partial charge in [-0.15, -0.1) is 0 Å². The molecule has 1 N–H and O–H groups in total. The monoisotopic (exact) mass is 375 g/mol. The number of aromatic nitrogens is 2. The summed E-state index contributed by atoms with van der Waals surface area (Å²) in [5.74, 6) is 0.557. The molecule has 0 bridgehead atoms. The van der Waals surface area contributed by atoms with Crippen LogP contribution in [-0.2, 0) is 9.53 Å². The summed E-state index contributed by atoms with van der Waals surface area (Å²) >= 11 is 6.04. The van der Waals surface area contributed by atoms with Crippen LogP contribution in [-0.4, -0.2) is 28.8 Å². The van der Waals surface area contributed by atoms with Crippen molar-refractivity contribution >= 4 is 28.4 Å². The van der Waals surface area contributed by atoms with Gasteiger partial charge in [0.05, 0.1) is 17.0 Å². The molecular weight excluding hydrogens is 354 g/mol. The number of amides is 1. The minimum absolute atomic E-state index is 0.107. The molecule has 2 fully saturated rings. The molecule has 6 nitrogen and oxygen atoms in total. The molecule has 0 spiro atoms. The number of nitrogens with one attached hydrogen (secondary N) is 1. The van der Waals surface area contributed by atoms with Gasteiger partial charge in [-0.25, -0.2) is 9.66 Å². The van der Waals surface area contributed by atoms with Crippen molar-refractivity contribution in [3.63, 3.8) is 0 Å². The van der Waals surface area contributed by atoms with E-state index in [0.717, 1.165) is 32.1 Å². The molecule has 2 atom stereocenters. The van der Waals surface area contributed by atoms with Crippen LogP contribution in [0.2, 0.25) is 5.02 Å². The molecule has 1 heterocycles. The second-order valence-corrected chi connectivity index (χ2v) is 7.68. The van der Waals surface area contributed by atoms with E-state index in [1.54, 1.807) is 25.3 Å². The zero-order chi connectivity index (χ0) is 18.3. The Hall–Kier alpha value is -1.92. The number of hydrogen-bond donors (Lipinski definition) is 1. The summed E-state index contributed by atoms with van der Waals surface area (Å²) in [5.41, 5.74) is 3.16. The first-order valence-electron chi connectivity index (χ1n) is 9.12.